The van der Waals surface area contributed by atoms with Crippen molar-refractivity contribution in [3.05, 3.63) is 28.3 Å². The van der Waals surface area contributed by atoms with E-state index in [9.17, 15) is 10.1 Å². The van der Waals surface area contributed by atoms with Gasteiger partial charge in [0.25, 0.3) is 5.69 Å². The number of hydrogen-bond acceptors (Lipinski definition) is 5. The number of aliphatic hydroxyl groups excluding tert-OH is 1. The van der Waals surface area contributed by atoms with Crippen LogP contribution in [-0.4, -0.2) is 29.8 Å². The van der Waals surface area contributed by atoms with Crippen molar-refractivity contribution in [3.63, 3.8) is 0 Å². The lowest BCUT2D eigenvalue weighted by Gasteiger charge is -2.22. The average molecular weight is 294 g/mol. The maximum Gasteiger partial charge on any atom is 0.292 e. The minimum absolute atomic E-state index is 0.0576. The highest BCUT2D eigenvalue weighted by atomic mass is 16.6. The topological polar surface area (TPSA) is 84.6 Å². The molecule has 6 heteroatoms. The summed E-state index contributed by atoms with van der Waals surface area (Å²) in [5.74, 6) is 1.11. The van der Waals surface area contributed by atoms with Gasteiger partial charge in [-0.25, -0.2) is 0 Å². The minimum Gasteiger partial charge on any atom is -0.491 e. The standard InChI is InChI=1S/C15H22N2O4/c18-8-9-21-13-6-7-15(17(19)20)14(10-13)16-11-12-4-2-1-3-5-12/h6-7,10,12,16,18H,1-5,8-9,11H2. The van der Waals surface area contributed by atoms with Crippen LogP contribution in [0.1, 0.15) is 32.1 Å². The van der Waals surface area contributed by atoms with Crippen LogP contribution in [0.4, 0.5) is 11.4 Å². The van der Waals surface area contributed by atoms with Crippen molar-refractivity contribution in [3.8, 4) is 5.75 Å². The van der Waals surface area contributed by atoms with Crippen molar-refractivity contribution in [2.45, 2.75) is 32.1 Å². The fraction of sp³-hybridized carbons (Fsp3) is 0.600. The molecule has 1 saturated carbocycles. The molecule has 0 unspecified atom stereocenters. The molecular formula is C15H22N2O4. The third-order valence-electron chi connectivity index (χ3n) is 3.83. The normalized spacial score (nSPS) is 15.7. The quantitative estimate of drug-likeness (QED) is 0.596. The van der Waals surface area contributed by atoms with E-state index in [1.807, 2.05) is 0 Å². The summed E-state index contributed by atoms with van der Waals surface area (Å²) in [5, 5.41) is 23.0. The van der Waals surface area contributed by atoms with Gasteiger partial charge in [0.05, 0.1) is 11.5 Å². The maximum atomic E-state index is 11.1. The number of ether oxygens (including phenoxy) is 1. The molecule has 0 amide bonds. The summed E-state index contributed by atoms with van der Waals surface area (Å²) in [5.41, 5.74) is 0.545. The molecule has 1 aliphatic rings. The van der Waals surface area contributed by atoms with Gasteiger partial charge in [0.2, 0.25) is 0 Å². The molecule has 21 heavy (non-hydrogen) atoms. The molecule has 116 valence electrons. The molecule has 0 atom stereocenters. The number of nitrogens with one attached hydrogen (secondary N) is 1. The molecule has 0 bridgehead atoms. The smallest absolute Gasteiger partial charge is 0.292 e. The molecular weight excluding hydrogens is 272 g/mol. The van der Waals surface area contributed by atoms with E-state index < -0.39 is 0 Å². The first kappa shape index (κ1) is 15.6. The first-order valence-corrected chi connectivity index (χ1v) is 7.46. The van der Waals surface area contributed by atoms with E-state index in [2.05, 4.69) is 5.32 Å². The number of aliphatic hydroxyl groups is 1. The number of benzene rings is 1. The molecule has 0 aliphatic heterocycles. The molecule has 2 rings (SSSR count). The zero-order valence-electron chi connectivity index (χ0n) is 12.1. The number of rotatable bonds is 7. The highest BCUT2D eigenvalue weighted by Crippen LogP contribution is 2.30. The molecule has 0 saturated heterocycles. The van der Waals surface area contributed by atoms with Crippen molar-refractivity contribution >= 4 is 11.4 Å². The van der Waals surface area contributed by atoms with Crippen LogP contribution in [-0.2, 0) is 0 Å². The number of hydrogen-bond donors (Lipinski definition) is 2. The summed E-state index contributed by atoms with van der Waals surface area (Å²) in [6.45, 7) is 0.853. The van der Waals surface area contributed by atoms with Crippen LogP contribution in [0, 0.1) is 16.0 Å². The van der Waals surface area contributed by atoms with E-state index >= 15 is 0 Å². The molecule has 0 aromatic heterocycles. The highest BCUT2D eigenvalue weighted by Gasteiger charge is 2.18. The third kappa shape index (κ3) is 4.60. The summed E-state index contributed by atoms with van der Waals surface area (Å²) in [7, 11) is 0. The Labute approximate surface area is 124 Å². The number of anilines is 1. The van der Waals surface area contributed by atoms with Crippen LogP contribution in [0.15, 0.2) is 18.2 Å². The van der Waals surface area contributed by atoms with Gasteiger partial charge in [0, 0.05) is 18.7 Å². The molecule has 0 heterocycles. The Morgan fingerprint density at radius 1 is 1.33 bits per heavy atom. The number of nitro groups is 1. The van der Waals surface area contributed by atoms with Gasteiger partial charge in [-0.3, -0.25) is 10.1 Å². The van der Waals surface area contributed by atoms with Gasteiger partial charge < -0.3 is 15.2 Å². The van der Waals surface area contributed by atoms with E-state index in [1.54, 1.807) is 12.1 Å². The Morgan fingerprint density at radius 2 is 2.10 bits per heavy atom. The van der Waals surface area contributed by atoms with Crippen molar-refractivity contribution in [1.29, 1.82) is 0 Å². The summed E-state index contributed by atoms with van der Waals surface area (Å²) in [6, 6.07) is 4.63. The first-order valence-electron chi connectivity index (χ1n) is 7.46. The van der Waals surface area contributed by atoms with E-state index in [0.29, 0.717) is 17.4 Å². The Hall–Kier alpha value is -1.82. The van der Waals surface area contributed by atoms with Crippen LogP contribution < -0.4 is 10.1 Å². The van der Waals surface area contributed by atoms with Crippen molar-refractivity contribution in [1.82, 2.24) is 0 Å². The van der Waals surface area contributed by atoms with Gasteiger partial charge in [0.1, 0.15) is 18.0 Å². The lowest BCUT2D eigenvalue weighted by atomic mass is 9.89. The lowest BCUT2D eigenvalue weighted by Crippen LogP contribution is -2.17. The number of nitrogens with zero attached hydrogens (tertiary/aromatic N) is 1. The first-order chi connectivity index (χ1) is 10.2. The SMILES string of the molecule is O=[N+]([O-])c1ccc(OCCO)cc1NCC1CCCCC1. The molecule has 6 nitrogen and oxygen atoms in total. The van der Waals surface area contributed by atoms with Crippen LogP contribution in [0.3, 0.4) is 0 Å². The zero-order chi connectivity index (χ0) is 15.1. The van der Waals surface area contributed by atoms with Gasteiger partial charge in [-0.05, 0) is 24.8 Å². The Kier molecular flexibility index (Phi) is 5.80. The Balaban J connectivity index is 2.04. The fourth-order valence-corrected chi connectivity index (χ4v) is 2.71. The maximum absolute atomic E-state index is 11.1. The van der Waals surface area contributed by atoms with Gasteiger partial charge in [-0.2, -0.15) is 0 Å². The van der Waals surface area contributed by atoms with Crippen molar-refractivity contribution < 1.29 is 14.8 Å². The largest absolute Gasteiger partial charge is 0.491 e. The highest BCUT2D eigenvalue weighted by molar-refractivity contribution is 5.64. The summed E-state index contributed by atoms with van der Waals surface area (Å²) < 4.78 is 5.31. The Bertz CT molecular complexity index is 473. The summed E-state index contributed by atoms with van der Waals surface area (Å²) >= 11 is 0. The third-order valence-corrected chi connectivity index (χ3v) is 3.83. The van der Waals surface area contributed by atoms with Crippen LogP contribution >= 0.6 is 0 Å². The summed E-state index contributed by atoms with van der Waals surface area (Å²) in [4.78, 5) is 10.7. The molecule has 1 aliphatic carbocycles. The fourth-order valence-electron chi connectivity index (χ4n) is 2.71. The van der Waals surface area contributed by atoms with Crippen molar-refractivity contribution in [2.24, 2.45) is 5.92 Å². The van der Waals surface area contributed by atoms with E-state index in [4.69, 9.17) is 9.84 Å². The van der Waals surface area contributed by atoms with E-state index in [1.165, 1.54) is 38.2 Å². The Morgan fingerprint density at radius 3 is 2.76 bits per heavy atom. The van der Waals surface area contributed by atoms with Gasteiger partial charge in [-0.15, -0.1) is 0 Å². The second kappa shape index (κ2) is 7.83. The molecule has 1 fully saturated rings. The van der Waals surface area contributed by atoms with Gasteiger partial charge >= 0.3 is 0 Å². The molecule has 2 N–H and O–H groups in total. The zero-order valence-corrected chi connectivity index (χ0v) is 12.1. The van der Waals surface area contributed by atoms with E-state index in [-0.39, 0.29) is 23.8 Å². The molecule has 0 radical (unpaired) electrons. The average Bonchev–Trinajstić information content (AvgIpc) is 2.51. The minimum atomic E-state index is -0.390. The second-order valence-corrected chi connectivity index (χ2v) is 5.39. The predicted molar refractivity (Wildman–Crippen MR) is 80.7 cm³/mol. The molecule has 1 aromatic rings. The lowest BCUT2D eigenvalue weighted by molar-refractivity contribution is -0.384. The van der Waals surface area contributed by atoms with E-state index in [0.717, 1.165) is 6.54 Å². The number of nitro benzene ring substituents is 1. The van der Waals surface area contributed by atoms with Crippen LogP contribution in [0.5, 0.6) is 5.75 Å². The predicted octanol–water partition coefficient (Wildman–Crippen LogP) is 2.96. The van der Waals surface area contributed by atoms with Crippen molar-refractivity contribution in [2.75, 3.05) is 25.1 Å². The molecule has 1 aromatic carbocycles. The second-order valence-electron chi connectivity index (χ2n) is 5.39. The van der Waals surface area contributed by atoms with Crippen LogP contribution in [0.2, 0.25) is 0 Å². The van der Waals surface area contributed by atoms with Crippen LogP contribution in [0.25, 0.3) is 0 Å². The molecule has 0 spiro atoms. The summed E-state index contributed by atoms with van der Waals surface area (Å²) in [6.07, 6.45) is 6.15. The monoisotopic (exact) mass is 294 g/mol. The van der Waals surface area contributed by atoms with Gasteiger partial charge in [-0.1, -0.05) is 19.3 Å². The van der Waals surface area contributed by atoms with Gasteiger partial charge in [0.15, 0.2) is 0 Å².